The van der Waals surface area contributed by atoms with E-state index < -0.39 is 0 Å². The second kappa shape index (κ2) is 6.06. The van der Waals surface area contributed by atoms with Crippen molar-refractivity contribution in [3.05, 3.63) is 34.9 Å². The van der Waals surface area contributed by atoms with Gasteiger partial charge in [0, 0.05) is 25.7 Å². The van der Waals surface area contributed by atoms with Crippen LogP contribution in [0, 0.1) is 13.8 Å². The lowest BCUT2D eigenvalue weighted by atomic mass is 10.1. The van der Waals surface area contributed by atoms with Gasteiger partial charge in [0.25, 0.3) is 0 Å². The van der Waals surface area contributed by atoms with Crippen LogP contribution in [-0.2, 0) is 6.54 Å². The van der Waals surface area contributed by atoms with Crippen molar-refractivity contribution in [3.8, 4) is 0 Å². The van der Waals surface area contributed by atoms with E-state index in [1.165, 1.54) is 16.7 Å². The maximum Gasteiger partial charge on any atom is 0.320 e. The number of hydrogen-bond acceptors (Lipinski definition) is 2. The predicted molar refractivity (Wildman–Crippen MR) is 84.3 cm³/mol. The third-order valence-corrected chi connectivity index (χ3v) is 4.53. The number of amides is 2. The second-order valence-corrected chi connectivity index (χ2v) is 6.37. The van der Waals surface area contributed by atoms with Gasteiger partial charge >= 0.3 is 6.03 Å². The van der Waals surface area contributed by atoms with E-state index in [9.17, 15) is 4.79 Å². The van der Waals surface area contributed by atoms with Gasteiger partial charge in [-0.05, 0) is 45.3 Å². The molecule has 0 spiro atoms. The monoisotopic (exact) mass is 287 g/mol. The van der Waals surface area contributed by atoms with Crippen LogP contribution < -0.4 is 5.32 Å². The molecule has 4 heteroatoms. The first-order valence-corrected chi connectivity index (χ1v) is 7.97. The predicted octanol–water partition coefficient (Wildman–Crippen LogP) is 2.29. The van der Waals surface area contributed by atoms with Gasteiger partial charge in [0.1, 0.15) is 0 Å². The van der Waals surface area contributed by atoms with Gasteiger partial charge in [-0.2, -0.15) is 0 Å². The van der Waals surface area contributed by atoms with Crippen molar-refractivity contribution in [2.75, 3.05) is 26.2 Å². The van der Waals surface area contributed by atoms with Crippen LogP contribution in [0.5, 0.6) is 0 Å². The first-order chi connectivity index (χ1) is 10.1. The summed E-state index contributed by atoms with van der Waals surface area (Å²) in [6.07, 6.45) is 2.17. The SMILES string of the molecule is Cc1cc(C)cc(CN2CCN(C3CCNCC3)C2=O)c1. The number of carbonyl (C=O) groups excluding carboxylic acids is 1. The Morgan fingerprint density at radius 3 is 2.43 bits per heavy atom. The molecule has 114 valence electrons. The molecule has 1 aromatic rings. The number of rotatable bonds is 3. The van der Waals surface area contributed by atoms with Gasteiger partial charge < -0.3 is 15.1 Å². The first kappa shape index (κ1) is 14.4. The summed E-state index contributed by atoms with van der Waals surface area (Å²) in [6.45, 7) is 8.77. The molecule has 0 saturated carbocycles. The third kappa shape index (κ3) is 3.21. The molecule has 0 radical (unpaired) electrons. The molecule has 0 bridgehead atoms. The molecule has 2 saturated heterocycles. The Morgan fingerprint density at radius 1 is 1.10 bits per heavy atom. The Hall–Kier alpha value is -1.55. The topological polar surface area (TPSA) is 35.6 Å². The Labute approximate surface area is 127 Å². The van der Waals surface area contributed by atoms with Gasteiger partial charge in [0.05, 0.1) is 0 Å². The molecule has 0 atom stereocenters. The van der Waals surface area contributed by atoms with Crippen LogP contribution in [0.4, 0.5) is 4.79 Å². The summed E-state index contributed by atoms with van der Waals surface area (Å²) in [5.74, 6) is 0. The molecular weight excluding hydrogens is 262 g/mol. The molecule has 2 aliphatic rings. The average Bonchev–Trinajstić information content (AvgIpc) is 2.80. The molecule has 4 nitrogen and oxygen atoms in total. The van der Waals surface area contributed by atoms with E-state index in [0.717, 1.165) is 45.6 Å². The molecule has 2 amide bonds. The summed E-state index contributed by atoms with van der Waals surface area (Å²) in [5.41, 5.74) is 3.78. The number of piperidine rings is 1. The summed E-state index contributed by atoms with van der Waals surface area (Å²) in [5, 5.41) is 3.36. The molecule has 0 aromatic heterocycles. The molecule has 0 unspecified atom stereocenters. The first-order valence-electron chi connectivity index (χ1n) is 7.97. The molecule has 1 N–H and O–H groups in total. The lowest BCUT2D eigenvalue weighted by Crippen LogP contribution is -2.45. The fraction of sp³-hybridized carbons (Fsp3) is 0.588. The van der Waals surface area contributed by atoms with Gasteiger partial charge in [-0.15, -0.1) is 0 Å². The van der Waals surface area contributed by atoms with Crippen LogP contribution in [0.3, 0.4) is 0 Å². The Bertz CT molecular complexity index is 503. The fourth-order valence-corrected chi connectivity index (χ4v) is 3.59. The quantitative estimate of drug-likeness (QED) is 0.926. The summed E-state index contributed by atoms with van der Waals surface area (Å²) in [6, 6.07) is 7.21. The molecule has 3 rings (SSSR count). The highest BCUT2D eigenvalue weighted by Gasteiger charge is 2.33. The highest BCUT2D eigenvalue weighted by atomic mass is 16.2. The highest BCUT2D eigenvalue weighted by molar-refractivity contribution is 5.77. The van der Waals surface area contributed by atoms with Crippen LogP contribution in [0.1, 0.15) is 29.5 Å². The number of hydrogen-bond donors (Lipinski definition) is 1. The van der Waals surface area contributed by atoms with Crippen molar-refractivity contribution in [1.29, 1.82) is 0 Å². The number of nitrogens with one attached hydrogen (secondary N) is 1. The Balaban J connectivity index is 1.66. The Morgan fingerprint density at radius 2 is 1.76 bits per heavy atom. The van der Waals surface area contributed by atoms with Gasteiger partial charge in [-0.1, -0.05) is 29.3 Å². The number of benzene rings is 1. The largest absolute Gasteiger partial charge is 0.320 e. The van der Waals surface area contributed by atoms with Crippen LogP contribution in [0.2, 0.25) is 0 Å². The fourth-order valence-electron chi connectivity index (χ4n) is 3.59. The Kier molecular flexibility index (Phi) is 4.15. The van der Waals surface area contributed by atoms with Crippen LogP contribution >= 0.6 is 0 Å². The van der Waals surface area contributed by atoms with Crippen molar-refractivity contribution in [2.24, 2.45) is 0 Å². The highest BCUT2D eigenvalue weighted by Crippen LogP contribution is 2.21. The minimum Gasteiger partial charge on any atom is -0.320 e. The molecule has 0 aliphatic carbocycles. The molecule has 2 heterocycles. The number of carbonyl (C=O) groups is 1. The number of aryl methyl sites for hydroxylation is 2. The van der Waals surface area contributed by atoms with E-state index in [-0.39, 0.29) is 6.03 Å². The molecular formula is C17H25N3O. The summed E-state index contributed by atoms with van der Waals surface area (Å²) < 4.78 is 0. The van der Waals surface area contributed by atoms with Crippen molar-refractivity contribution in [2.45, 2.75) is 39.3 Å². The maximum absolute atomic E-state index is 12.6. The van der Waals surface area contributed by atoms with Crippen molar-refractivity contribution >= 4 is 6.03 Å². The minimum atomic E-state index is 0.223. The summed E-state index contributed by atoms with van der Waals surface area (Å²) in [7, 11) is 0. The van der Waals surface area contributed by atoms with Crippen molar-refractivity contribution < 1.29 is 4.79 Å². The number of nitrogens with zero attached hydrogens (tertiary/aromatic N) is 2. The summed E-state index contributed by atoms with van der Waals surface area (Å²) >= 11 is 0. The average molecular weight is 287 g/mol. The van der Waals surface area contributed by atoms with E-state index >= 15 is 0 Å². The van der Waals surface area contributed by atoms with Gasteiger partial charge in [0.15, 0.2) is 0 Å². The summed E-state index contributed by atoms with van der Waals surface area (Å²) in [4.78, 5) is 16.7. The minimum absolute atomic E-state index is 0.223. The lowest BCUT2D eigenvalue weighted by Gasteiger charge is -2.31. The zero-order valence-corrected chi connectivity index (χ0v) is 13.1. The number of urea groups is 1. The molecule has 2 fully saturated rings. The van der Waals surface area contributed by atoms with Gasteiger partial charge in [-0.3, -0.25) is 0 Å². The molecule has 1 aromatic carbocycles. The van der Waals surface area contributed by atoms with Crippen LogP contribution in [-0.4, -0.2) is 48.1 Å². The maximum atomic E-state index is 12.6. The van der Waals surface area contributed by atoms with E-state index in [1.807, 2.05) is 4.90 Å². The van der Waals surface area contributed by atoms with Crippen LogP contribution in [0.15, 0.2) is 18.2 Å². The lowest BCUT2D eigenvalue weighted by molar-refractivity contribution is 0.164. The van der Waals surface area contributed by atoms with Gasteiger partial charge in [0.2, 0.25) is 0 Å². The van der Waals surface area contributed by atoms with Crippen molar-refractivity contribution in [3.63, 3.8) is 0 Å². The third-order valence-electron chi connectivity index (χ3n) is 4.53. The second-order valence-electron chi connectivity index (χ2n) is 6.37. The van der Waals surface area contributed by atoms with E-state index in [4.69, 9.17) is 0 Å². The zero-order valence-electron chi connectivity index (χ0n) is 13.1. The van der Waals surface area contributed by atoms with Crippen molar-refractivity contribution in [1.82, 2.24) is 15.1 Å². The molecule has 21 heavy (non-hydrogen) atoms. The zero-order chi connectivity index (χ0) is 14.8. The molecule has 2 aliphatic heterocycles. The van der Waals surface area contributed by atoms with E-state index in [0.29, 0.717) is 6.04 Å². The van der Waals surface area contributed by atoms with Gasteiger partial charge in [-0.25, -0.2) is 4.79 Å². The smallest absolute Gasteiger partial charge is 0.320 e. The van der Waals surface area contributed by atoms with Crippen LogP contribution in [0.25, 0.3) is 0 Å². The normalized spacial score (nSPS) is 20.4. The standard InChI is InChI=1S/C17H25N3O/c1-13-9-14(2)11-15(10-13)12-19-7-8-20(17(19)21)16-3-5-18-6-4-16/h9-11,16,18H,3-8,12H2,1-2H3. The van der Waals surface area contributed by atoms with E-state index in [1.54, 1.807) is 0 Å². The van der Waals surface area contributed by atoms with E-state index in [2.05, 4.69) is 42.3 Å².